The number of aromatic nitrogens is 1. The van der Waals surface area contributed by atoms with Gasteiger partial charge in [-0.1, -0.05) is 36.4 Å². The van der Waals surface area contributed by atoms with E-state index in [2.05, 4.69) is 10.3 Å². The number of halogens is 1. The molecule has 0 saturated carbocycles. The second-order valence-electron chi connectivity index (χ2n) is 7.62. The molecular weight excluding hydrogens is 419 g/mol. The number of fused-ring (bicyclic) bond motifs is 1. The molecule has 0 unspecified atom stereocenters. The fourth-order valence-corrected chi connectivity index (χ4v) is 3.80. The number of rotatable bonds is 7. The Morgan fingerprint density at radius 1 is 1.03 bits per heavy atom. The third-order valence-corrected chi connectivity index (χ3v) is 5.35. The minimum absolute atomic E-state index is 0.199. The van der Waals surface area contributed by atoms with Crippen LogP contribution in [0.5, 0.6) is 11.5 Å². The topological polar surface area (TPSA) is 60.5 Å². The van der Waals surface area contributed by atoms with Crippen molar-refractivity contribution in [1.29, 1.82) is 0 Å². The number of para-hydroxylation sites is 1. The van der Waals surface area contributed by atoms with Crippen molar-refractivity contribution >= 4 is 16.8 Å². The van der Waals surface area contributed by atoms with Gasteiger partial charge in [0.25, 0.3) is 5.91 Å². The normalized spacial score (nSPS) is 10.8. The maximum absolute atomic E-state index is 13.4. The molecule has 0 fully saturated rings. The van der Waals surface area contributed by atoms with Crippen LogP contribution in [0.25, 0.3) is 22.0 Å². The second-order valence-corrected chi connectivity index (χ2v) is 7.62. The fraction of sp³-hybridized carbons (Fsp3) is 0.185. The van der Waals surface area contributed by atoms with Crippen LogP contribution in [0.1, 0.15) is 28.5 Å². The highest BCUT2D eigenvalue weighted by Gasteiger charge is 2.15. The van der Waals surface area contributed by atoms with Crippen molar-refractivity contribution in [1.82, 2.24) is 10.3 Å². The average molecular weight is 445 g/mol. The Balaban J connectivity index is 1.64. The first-order valence-electron chi connectivity index (χ1n) is 10.7. The van der Waals surface area contributed by atoms with Crippen molar-refractivity contribution in [2.24, 2.45) is 0 Å². The van der Waals surface area contributed by atoms with Crippen molar-refractivity contribution in [3.63, 3.8) is 0 Å². The maximum Gasteiger partial charge on any atom is 0.252 e. The summed E-state index contributed by atoms with van der Waals surface area (Å²) in [5.41, 5.74) is 4.56. The number of pyridine rings is 1. The molecule has 4 aromatic rings. The van der Waals surface area contributed by atoms with E-state index in [1.807, 2.05) is 50.2 Å². The summed E-state index contributed by atoms with van der Waals surface area (Å²) in [5, 5.41) is 3.73. The van der Waals surface area contributed by atoms with Crippen molar-refractivity contribution < 1.29 is 18.7 Å². The van der Waals surface area contributed by atoms with Crippen molar-refractivity contribution in [3.8, 4) is 22.6 Å². The van der Waals surface area contributed by atoms with Gasteiger partial charge < -0.3 is 14.8 Å². The molecule has 6 heteroatoms. The Bertz CT molecular complexity index is 1300. The quantitative estimate of drug-likeness (QED) is 0.398. The smallest absolute Gasteiger partial charge is 0.252 e. The zero-order valence-electron chi connectivity index (χ0n) is 18.8. The molecule has 3 aromatic carbocycles. The molecule has 4 rings (SSSR count). The van der Waals surface area contributed by atoms with Gasteiger partial charge in [0.15, 0.2) is 11.5 Å². The van der Waals surface area contributed by atoms with E-state index >= 15 is 0 Å². The number of ether oxygens (including phenoxy) is 2. The molecule has 0 bridgehead atoms. The van der Waals surface area contributed by atoms with Crippen molar-refractivity contribution in [2.75, 3.05) is 13.7 Å². The summed E-state index contributed by atoms with van der Waals surface area (Å²) in [5.74, 6) is 0.792. The Morgan fingerprint density at radius 2 is 1.82 bits per heavy atom. The molecule has 168 valence electrons. The number of aryl methyl sites for hydroxylation is 1. The van der Waals surface area contributed by atoms with Crippen LogP contribution < -0.4 is 14.8 Å². The van der Waals surface area contributed by atoms with E-state index in [4.69, 9.17) is 9.47 Å². The molecule has 0 atom stereocenters. The van der Waals surface area contributed by atoms with Gasteiger partial charge in [0.2, 0.25) is 0 Å². The Morgan fingerprint density at radius 3 is 2.55 bits per heavy atom. The minimum Gasteiger partial charge on any atom is -0.493 e. The number of carbonyl (C=O) groups is 1. The van der Waals surface area contributed by atoms with Gasteiger partial charge in [-0.05, 0) is 55.3 Å². The molecule has 0 aliphatic carbocycles. The number of nitrogens with zero attached hydrogens (tertiary/aromatic N) is 1. The van der Waals surface area contributed by atoms with E-state index < -0.39 is 0 Å². The fourth-order valence-electron chi connectivity index (χ4n) is 3.80. The van der Waals surface area contributed by atoms with Crippen LogP contribution in [0.4, 0.5) is 4.39 Å². The molecule has 0 aliphatic rings. The highest BCUT2D eigenvalue weighted by molar-refractivity contribution is 6.09. The molecule has 1 heterocycles. The van der Waals surface area contributed by atoms with Crippen LogP contribution in [-0.2, 0) is 6.54 Å². The standard InChI is InChI=1S/C27H25FN2O3/c1-4-33-24-13-8-18(15-25(24)32-3)16-29-27(31)23-14-17(2)30-26-21(6-5-7-22(23)26)19-9-11-20(28)12-10-19/h5-15H,4,16H2,1-3H3,(H,29,31). The van der Waals surface area contributed by atoms with Gasteiger partial charge in [0.1, 0.15) is 5.82 Å². The number of methoxy groups -OCH3 is 1. The van der Waals surface area contributed by atoms with E-state index in [1.165, 1.54) is 12.1 Å². The zero-order valence-corrected chi connectivity index (χ0v) is 18.8. The van der Waals surface area contributed by atoms with E-state index in [-0.39, 0.29) is 11.7 Å². The number of benzene rings is 3. The summed E-state index contributed by atoms with van der Waals surface area (Å²) in [6.07, 6.45) is 0. The summed E-state index contributed by atoms with van der Waals surface area (Å²) in [4.78, 5) is 17.8. The van der Waals surface area contributed by atoms with Crippen LogP contribution in [0.2, 0.25) is 0 Å². The third-order valence-electron chi connectivity index (χ3n) is 5.35. The average Bonchev–Trinajstić information content (AvgIpc) is 2.83. The van der Waals surface area contributed by atoms with E-state index in [9.17, 15) is 9.18 Å². The number of hydrogen-bond acceptors (Lipinski definition) is 4. The predicted molar refractivity (Wildman–Crippen MR) is 127 cm³/mol. The minimum atomic E-state index is -0.297. The molecule has 0 aliphatic heterocycles. The zero-order chi connectivity index (χ0) is 23.4. The largest absolute Gasteiger partial charge is 0.493 e. The monoisotopic (exact) mass is 444 g/mol. The highest BCUT2D eigenvalue weighted by Crippen LogP contribution is 2.30. The lowest BCUT2D eigenvalue weighted by Gasteiger charge is -2.13. The molecule has 1 aromatic heterocycles. The molecule has 1 N–H and O–H groups in total. The summed E-state index contributed by atoms with van der Waals surface area (Å²) in [7, 11) is 1.59. The Kier molecular flexibility index (Phi) is 6.54. The van der Waals surface area contributed by atoms with Crippen LogP contribution in [0.15, 0.2) is 66.7 Å². The number of carbonyl (C=O) groups excluding carboxylic acids is 1. The van der Waals surface area contributed by atoms with Gasteiger partial charge in [-0.3, -0.25) is 9.78 Å². The highest BCUT2D eigenvalue weighted by atomic mass is 19.1. The van der Waals surface area contributed by atoms with Gasteiger partial charge in [-0.25, -0.2) is 4.39 Å². The molecular formula is C27H25FN2O3. The lowest BCUT2D eigenvalue weighted by molar-refractivity contribution is 0.0952. The Labute approximate surface area is 192 Å². The molecule has 5 nitrogen and oxygen atoms in total. The molecule has 0 saturated heterocycles. The van der Waals surface area contributed by atoms with Gasteiger partial charge in [-0.15, -0.1) is 0 Å². The summed E-state index contributed by atoms with van der Waals surface area (Å²) in [6.45, 7) is 4.65. The van der Waals surface area contributed by atoms with E-state index in [1.54, 1.807) is 25.3 Å². The molecule has 1 amide bonds. The molecule has 33 heavy (non-hydrogen) atoms. The SMILES string of the molecule is CCOc1ccc(CNC(=O)c2cc(C)nc3c(-c4ccc(F)cc4)cccc23)cc1OC. The second kappa shape index (κ2) is 9.69. The predicted octanol–water partition coefficient (Wildman–Crippen LogP) is 5.69. The van der Waals surface area contributed by atoms with Crippen LogP contribution >= 0.6 is 0 Å². The lowest BCUT2D eigenvalue weighted by Crippen LogP contribution is -2.23. The first kappa shape index (κ1) is 22.3. The number of amides is 1. The van der Waals surface area contributed by atoms with E-state index in [0.29, 0.717) is 35.7 Å². The first-order chi connectivity index (χ1) is 16.0. The van der Waals surface area contributed by atoms with E-state index in [0.717, 1.165) is 27.8 Å². The van der Waals surface area contributed by atoms with Gasteiger partial charge >= 0.3 is 0 Å². The molecule has 0 radical (unpaired) electrons. The summed E-state index contributed by atoms with van der Waals surface area (Å²) < 4.78 is 24.3. The first-order valence-corrected chi connectivity index (χ1v) is 10.7. The van der Waals surface area contributed by atoms with Gasteiger partial charge in [0, 0.05) is 23.2 Å². The third kappa shape index (κ3) is 4.80. The van der Waals surface area contributed by atoms with Crippen molar-refractivity contribution in [2.45, 2.75) is 20.4 Å². The van der Waals surface area contributed by atoms with Gasteiger partial charge in [-0.2, -0.15) is 0 Å². The Hall–Kier alpha value is -3.93. The number of nitrogens with one attached hydrogen (secondary N) is 1. The van der Waals surface area contributed by atoms with Crippen LogP contribution in [-0.4, -0.2) is 24.6 Å². The van der Waals surface area contributed by atoms with Crippen LogP contribution in [0.3, 0.4) is 0 Å². The van der Waals surface area contributed by atoms with Crippen molar-refractivity contribution in [3.05, 3.63) is 89.4 Å². The molecule has 0 spiro atoms. The summed E-state index contributed by atoms with van der Waals surface area (Å²) in [6, 6.07) is 19.3. The maximum atomic E-state index is 13.4. The lowest BCUT2D eigenvalue weighted by atomic mass is 9.98. The number of hydrogen-bond donors (Lipinski definition) is 1. The van der Waals surface area contributed by atoms with Crippen LogP contribution in [0, 0.1) is 12.7 Å². The van der Waals surface area contributed by atoms with Gasteiger partial charge in [0.05, 0.1) is 24.8 Å². The summed E-state index contributed by atoms with van der Waals surface area (Å²) >= 11 is 0.